The lowest BCUT2D eigenvalue weighted by Gasteiger charge is -2.42. The van der Waals surface area contributed by atoms with Gasteiger partial charge < -0.3 is 10.1 Å². The molecule has 16 heavy (non-hydrogen) atoms. The van der Waals surface area contributed by atoms with Gasteiger partial charge in [-0.25, -0.2) is 0 Å². The van der Waals surface area contributed by atoms with E-state index in [9.17, 15) is 0 Å². The summed E-state index contributed by atoms with van der Waals surface area (Å²) in [5, 5.41) is 3.57. The predicted octanol–water partition coefficient (Wildman–Crippen LogP) is 3.36. The molecule has 0 radical (unpaired) electrons. The van der Waals surface area contributed by atoms with Crippen LogP contribution in [0.25, 0.3) is 0 Å². The number of unbranched alkanes of at least 4 members (excludes halogenated alkanes) is 1. The molecule has 2 heteroatoms. The van der Waals surface area contributed by atoms with E-state index in [1.807, 2.05) is 0 Å². The van der Waals surface area contributed by atoms with Gasteiger partial charge in [-0.3, -0.25) is 0 Å². The highest BCUT2D eigenvalue weighted by Gasteiger charge is 2.35. The van der Waals surface area contributed by atoms with Crippen LogP contribution in [-0.2, 0) is 4.74 Å². The zero-order chi connectivity index (χ0) is 11.7. The molecule has 1 aliphatic carbocycles. The molecule has 0 aliphatic heterocycles. The van der Waals surface area contributed by atoms with Crippen molar-refractivity contribution in [2.24, 2.45) is 5.41 Å². The molecule has 1 rings (SSSR count). The third kappa shape index (κ3) is 4.84. The molecular weight excluding hydrogens is 198 g/mol. The topological polar surface area (TPSA) is 21.3 Å². The minimum Gasteiger partial charge on any atom is -0.381 e. The molecule has 1 saturated carbocycles. The lowest BCUT2D eigenvalue weighted by molar-refractivity contribution is 0.0487. The van der Waals surface area contributed by atoms with Crippen LogP contribution in [0, 0.1) is 5.41 Å². The summed E-state index contributed by atoms with van der Waals surface area (Å²) >= 11 is 0. The molecule has 1 N–H and O–H groups in total. The van der Waals surface area contributed by atoms with Crippen LogP contribution in [0.4, 0.5) is 0 Å². The van der Waals surface area contributed by atoms with Gasteiger partial charge in [0, 0.05) is 19.8 Å². The Morgan fingerprint density at radius 2 is 1.94 bits per heavy atom. The van der Waals surface area contributed by atoms with Crippen LogP contribution >= 0.6 is 0 Å². The Morgan fingerprint density at radius 3 is 2.50 bits per heavy atom. The van der Waals surface area contributed by atoms with E-state index in [4.69, 9.17) is 4.74 Å². The second kappa shape index (κ2) is 8.08. The van der Waals surface area contributed by atoms with Crippen LogP contribution in [0.5, 0.6) is 0 Å². The highest BCUT2D eigenvalue weighted by atomic mass is 16.5. The lowest BCUT2D eigenvalue weighted by Crippen LogP contribution is -2.41. The summed E-state index contributed by atoms with van der Waals surface area (Å²) in [7, 11) is 0. The Labute approximate surface area is 101 Å². The van der Waals surface area contributed by atoms with Gasteiger partial charge in [-0.15, -0.1) is 0 Å². The summed E-state index contributed by atoms with van der Waals surface area (Å²) in [6.45, 7) is 8.74. The molecule has 0 heterocycles. The van der Waals surface area contributed by atoms with Crippen LogP contribution in [-0.4, -0.2) is 26.3 Å². The largest absolute Gasteiger partial charge is 0.381 e. The van der Waals surface area contributed by atoms with E-state index in [2.05, 4.69) is 19.2 Å². The van der Waals surface area contributed by atoms with E-state index in [1.54, 1.807) is 0 Å². The SMILES string of the molecule is CCCCOCCC1(CNCCC)CCC1. The fourth-order valence-corrected chi connectivity index (χ4v) is 2.36. The smallest absolute Gasteiger partial charge is 0.0471 e. The Kier molecular flexibility index (Phi) is 7.06. The first kappa shape index (κ1) is 14.0. The molecule has 2 nitrogen and oxygen atoms in total. The highest BCUT2D eigenvalue weighted by Crippen LogP contribution is 2.43. The van der Waals surface area contributed by atoms with Crippen LogP contribution in [0.1, 0.15) is 58.8 Å². The maximum Gasteiger partial charge on any atom is 0.0471 e. The molecule has 0 aromatic carbocycles. The monoisotopic (exact) mass is 227 g/mol. The van der Waals surface area contributed by atoms with Crippen LogP contribution in [0.15, 0.2) is 0 Å². The average molecular weight is 227 g/mol. The summed E-state index contributed by atoms with van der Waals surface area (Å²) in [4.78, 5) is 0. The van der Waals surface area contributed by atoms with Crippen LogP contribution in [0.3, 0.4) is 0 Å². The minimum absolute atomic E-state index is 0.585. The number of nitrogens with one attached hydrogen (secondary N) is 1. The lowest BCUT2D eigenvalue weighted by atomic mass is 9.67. The fourth-order valence-electron chi connectivity index (χ4n) is 2.36. The predicted molar refractivity (Wildman–Crippen MR) is 69.8 cm³/mol. The quantitative estimate of drug-likeness (QED) is 0.578. The van der Waals surface area contributed by atoms with Crippen molar-refractivity contribution in [3.05, 3.63) is 0 Å². The van der Waals surface area contributed by atoms with Gasteiger partial charge in [-0.1, -0.05) is 26.7 Å². The van der Waals surface area contributed by atoms with Gasteiger partial charge in [0.25, 0.3) is 0 Å². The first-order valence-corrected chi connectivity index (χ1v) is 7.11. The Balaban J connectivity index is 2.05. The summed E-state index contributed by atoms with van der Waals surface area (Å²) < 4.78 is 5.68. The van der Waals surface area contributed by atoms with E-state index in [-0.39, 0.29) is 0 Å². The molecular formula is C14H29NO. The molecule has 96 valence electrons. The molecule has 0 aromatic rings. The molecule has 0 spiro atoms. The highest BCUT2D eigenvalue weighted by molar-refractivity contribution is 4.89. The second-order valence-electron chi connectivity index (χ2n) is 5.25. The van der Waals surface area contributed by atoms with Gasteiger partial charge in [0.1, 0.15) is 0 Å². The van der Waals surface area contributed by atoms with Gasteiger partial charge in [0.05, 0.1) is 0 Å². The second-order valence-corrected chi connectivity index (χ2v) is 5.25. The van der Waals surface area contributed by atoms with E-state index in [1.165, 1.54) is 58.0 Å². The van der Waals surface area contributed by atoms with E-state index >= 15 is 0 Å². The number of ether oxygens (including phenoxy) is 1. The maximum atomic E-state index is 5.68. The van der Waals surface area contributed by atoms with Crippen molar-refractivity contribution in [2.75, 3.05) is 26.3 Å². The summed E-state index contributed by atoms with van der Waals surface area (Å²) in [5.74, 6) is 0. The number of rotatable bonds is 10. The summed E-state index contributed by atoms with van der Waals surface area (Å²) in [5.41, 5.74) is 0.585. The summed E-state index contributed by atoms with van der Waals surface area (Å²) in [6.07, 6.45) is 9.17. The molecule has 1 aliphatic rings. The zero-order valence-electron chi connectivity index (χ0n) is 11.2. The first-order chi connectivity index (χ1) is 7.83. The average Bonchev–Trinajstić information content (AvgIpc) is 2.24. The molecule has 0 atom stereocenters. The maximum absolute atomic E-state index is 5.68. The fraction of sp³-hybridized carbons (Fsp3) is 1.00. The van der Waals surface area contributed by atoms with Gasteiger partial charge in [-0.2, -0.15) is 0 Å². The van der Waals surface area contributed by atoms with Gasteiger partial charge in [0.2, 0.25) is 0 Å². The van der Waals surface area contributed by atoms with Crippen molar-refractivity contribution < 1.29 is 4.74 Å². The van der Waals surface area contributed by atoms with Crippen molar-refractivity contribution >= 4 is 0 Å². The van der Waals surface area contributed by atoms with E-state index in [0.29, 0.717) is 5.41 Å². The van der Waals surface area contributed by atoms with Crippen molar-refractivity contribution in [1.29, 1.82) is 0 Å². The van der Waals surface area contributed by atoms with Crippen molar-refractivity contribution in [3.8, 4) is 0 Å². The number of hydrogen-bond acceptors (Lipinski definition) is 2. The standard InChI is InChI=1S/C14H29NO/c1-3-5-11-16-12-9-14(7-6-8-14)13-15-10-4-2/h15H,3-13H2,1-2H3. The Morgan fingerprint density at radius 1 is 1.12 bits per heavy atom. The first-order valence-electron chi connectivity index (χ1n) is 7.11. The number of hydrogen-bond donors (Lipinski definition) is 1. The van der Waals surface area contributed by atoms with Gasteiger partial charge in [-0.05, 0) is 44.1 Å². The van der Waals surface area contributed by atoms with Crippen molar-refractivity contribution in [3.63, 3.8) is 0 Å². The third-order valence-electron chi connectivity index (χ3n) is 3.76. The minimum atomic E-state index is 0.585. The normalized spacial score (nSPS) is 18.4. The molecule has 0 bridgehead atoms. The van der Waals surface area contributed by atoms with E-state index < -0.39 is 0 Å². The molecule has 1 fully saturated rings. The molecule has 0 unspecified atom stereocenters. The van der Waals surface area contributed by atoms with Crippen molar-refractivity contribution in [2.45, 2.75) is 58.8 Å². The van der Waals surface area contributed by atoms with Crippen LogP contribution < -0.4 is 5.32 Å². The third-order valence-corrected chi connectivity index (χ3v) is 3.76. The zero-order valence-corrected chi connectivity index (χ0v) is 11.2. The van der Waals surface area contributed by atoms with Gasteiger partial charge in [0.15, 0.2) is 0 Å². The van der Waals surface area contributed by atoms with Crippen molar-refractivity contribution in [1.82, 2.24) is 5.32 Å². The summed E-state index contributed by atoms with van der Waals surface area (Å²) in [6, 6.07) is 0. The van der Waals surface area contributed by atoms with Crippen LogP contribution in [0.2, 0.25) is 0 Å². The molecule has 0 amide bonds. The Hall–Kier alpha value is -0.0800. The van der Waals surface area contributed by atoms with E-state index in [0.717, 1.165) is 13.2 Å². The van der Waals surface area contributed by atoms with Gasteiger partial charge >= 0.3 is 0 Å². The Bertz CT molecular complexity index is 166. The molecule has 0 saturated heterocycles. The molecule has 0 aromatic heterocycles.